The van der Waals surface area contributed by atoms with Crippen LogP contribution in [0, 0.1) is 0 Å². The summed E-state index contributed by atoms with van der Waals surface area (Å²) in [6.07, 6.45) is 0.435. The molecule has 8 heteroatoms. The number of furan rings is 1. The molecule has 0 bridgehead atoms. The number of aromatic hydroxyl groups is 1. The first-order valence-corrected chi connectivity index (χ1v) is 8.61. The zero-order valence-corrected chi connectivity index (χ0v) is 13.2. The largest absolute Gasteiger partial charge is 0.502 e. The van der Waals surface area contributed by atoms with E-state index in [4.69, 9.17) is 9.15 Å². The third-order valence-corrected chi connectivity index (χ3v) is 5.26. The number of benzene rings is 1. The molecule has 2 heterocycles. The van der Waals surface area contributed by atoms with Crippen molar-refractivity contribution >= 4 is 21.9 Å². The summed E-state index contributed by atoms with van der Waals surface area (Å²) in [7, 11) is -3.55. The molecule has 1 aliphatic rings. The van der Waals surface area contributed by atoms with E-state index in [9.17, 15) is 18.3 Å². The molecule has 0 saturated carbocycles. The van der Waals surface area contributed by atoms with E-state index in [0.717, 1.165) is 11.2 Å². The number of esters is 1. The van der Waals surface area contributed by atoms with Gasteiger partial charge in [-0.05, 0) is 6.42 Å². The summed E-state index contributed by atoms with van der Waals surface area (Å²) in [5.74, 6) is -1.49. The molecule has 1 aromatic heterocycles. The van der Waals surface area contributed by atoms with Gasteiger partial charge in [-0.2, -0.15) is 0 Å². The summed E-state index contributed by atoms with van der Waals surface area (Å²) in [5.41, 5.74) is 0.543. The van der Waals surface area contributed by atoms with Crippen LogP contribution in [0.5, 0.6) is 11.5 Å². The van der Waals surface area contributed by atoms with Crippen molar-refractivity contribution in [3.05, 3.63) is 30.3 Å². The van der Waals surface area contributed by atoms with E-state index in [-0.39, 0.29) is 29.7 Å². The lowest BCUT2D eigenvalue weighted by atomic mass is 10.1. The molecule has 122 valence electrons. The van der Waals surface area contributed by atoms with Gasteiger partial charge in [0.05, 0.1) is 5.75 Å². The van der Waals surface area contributed by atoms with Crippen LogP contribution < -0.4 is 9.04 Å². The van der Waals surface area contributed by atoms with Gasteiger partial charge in [0, 0.05) is 19.0 Å². The van der Waals surface area contributed by atoms with E-state index < -0.39 is 21.7 Å². The lowest BCUT2D eigenvalue weighted by molar-refractivity contribution is -0.132. The van der Waals surface area contributed by atoms with Gasteiger partial charge in [-0.3, -0.25) is 4.79 Å². The first-order chi connectivity index (χ1) is 10.9. The lowest BCUT2D eigenvalue weighted by Gasteiger charge is -2.14. The highest BCUT2D eigenvalue weighted by Gasteiger charge is 2.37. The second-order valence-corrected chi connectivity index (χ2v) is 7.13. The molecule has 0 amide bonds. The van der Waals surface area contributed by atoms with Gasteiger partial charge in [-0.15, -0.1) is 0 Å². The van der Waals surface area contributed by atoms with Gasteiger partial charge in [0.2, 0.25) is 21.5 Å². The highest BCUT2D eigenvalue weighted by Crippen LogP contribution is 2.49. The number of rotatable bonds is 3. The maximum absolute atomic E-state index is 12.1. The maximum Gasteiger partial charge on any atom is 0.308 e. The predicted octanol–water partition coefficient (Wildman–Crippen LogP) is 2.12. The minimum atomic E-state index is -3.55. The maximum atomic E-state index is 12.1. The number of carbonyl (C=O) groups is 1. The van der Waals surface area contributed by atoms with Crippen molar-refractivity contribution in [3.63, 3.8) is 0 Å². The van der Waals surface area contributed by atoms with Crippen molar-refractivity contribution in [1.29, 1.82) is 0 Å². The number of hydrogen-bond donors (Lipinski definition) is 1. The van der Waals surface area contributed by atoms with E-state index >= 15 is 0 Å². The Kier molecular flexibility index (Phi) is 3.77. The van der Waals surface area contributed by atoms with Crippen LogP contribution in [0.2, 0.25) is 0 Å². The molecular weight excluding hydrogens is 322 g/mol. The number of ether oxygens (including phenoxy) is 1. The molecule has 0 spiro atoms. The summed E-state index contributed by atoms with van der Waals surface area (Å²) in [6, 6.07) is 8.67. The van der Waals surface area contributed by atoms with Crippen LogP contribution in [0.4, 0.5) is 5.88 Å². The molecule has 1 saturated heterocycles. The number of sulfonamides is 1. The average molecular weight is 337 g/mol. The Morgan fingerprint density at radius 1 is 1.30 bits per heavy atom. The highest BCUT2D eigenvalue weighted by molar-refractivity contribution is 7.93. The van der Waals surface area contributed by atoms with Crippen LogP contribution in [-0.2, 0) is 14.8 Å². The molecule has 0 radical (unpaired) electrons. The molecule has 0 aliphatic carbocycles. The quantitative estimate of drug-likeness (QED) is 0.862. The van der Waals surface area contributed by atoms with Gasteiger partial charge in [0.25, 0.3) is 5.88 Å². The molecule has 0 atom stereocenters. The van der Waals surface area contributed by atoms with Crippen molar-refractivity contribution in [2.24, 2.45) is 0 Å². The number of carbonyl (C=O) groups excluding carboxylic acids is 1. The van der Waals surface area contributed by atoms with E-state index in [1.807, 2.05) is 0 Å². The van der Waals surface area contributed by atoms with E-state index in [2.05, 4.69) is 0 Å². The van der Waals surface area contributed by atoms with Crippen LogP contribution in [-0.4, -0.2) is 31.8 Å². The highest BCUT2D eigenvalue weighted by atomic mass is 32.2. The second-order valence-electron chi connectivity index (χ2n) is 5.12. The number of nitrogens with zero attached hydrogens (tertiary/aromatic N) is 1. The Labute approximate surface area is 133 Å². The van der Waals surface area contributed by atoms with E-state index in [1.165, 1.54) is 0 Å². The van der Waals surface area contributed by atoms with Gasteiger partial charge in [-0.1, -0.05) is 30.3 Å². The Hall–Kier alpha value is -2.48. The smallest absolute Gasteiger partial charge is 0.308 e. The zero-order chi connectivity index (χ0) is 16.6. The number of hydrogen-bond acceptors (Lipinski definition) is 6. The van der Waals surface area contributed by atoms with Crippen LogP contribution in [0.25, 0.3) is 11.3 Å². The zero-order valence-electron chi connectivity index (χ0n) is 12.4. The molecule has 0 unspecified atom stereocenters. The molecule has 1 aromatic carbocycles. The minimum absolute atomic E-state index is 0.0192. The van der Waals surface area contributed by atoms with Gasteiger partial charge < -0.3 is 14.3 Å². The SMILES string of the molecule is CC(=O)Oc1c(N2CCCS2(=O)=O)oc(-c2ccccc2)c1O. The average Bonchev–Trinajstić information content (AvgIpc) is 3.00. The van der Waals surface area contributed by atoms with Gasteiger partial charge in [0.15, 0.2) is 5.76 Å². The fourth-order valence-corrected chi connectivity index (χ4v) is 3.94. The molecular formula is C15H15NO6S. The molecule has 1 N–H and O–H groups in total. The topological polar surface area (TPSA) is 97.0 Å². The normalized spacial score (nSPS) is 16.5. The fourth-order valence-electron chi connectivity index (χ4n) is 2.45. The Morgan fingerprint density at radius 3 is 2.57 bits per heavy atom. The third kappa shape index (κ3) is 2.77. The summed E-state index contributed by atoms with van der Waals surface area (Å²) in [5, 5.41) is 10.4. The molecule has 7 nitrogen and oxygen atoms in total. The van der Waals surface area contributed by atoms with Gasteiger partial charge in [-0.25, -0.2) is 12.7 Å². The first kappa shape index (κ1) is 15.4. The standard InChI is InChI=1S/C15H15NO6S/c1-10(17)21-14-12(18)13(11-6-3-2-4-7-11)22-15(14)16-8-5-9-23(16,19)20/h2-4,6-7,18H,5,8-9H2,1H3. The lowest BCUT2D eigenvalue weighted by Crippen LogP contribution is -2.25. The molecule has 2 aromatic rings. The van der Waals surface area contributed by atoms with Gasteiger partial charge >= 0.3 is 5.97 Å². The van der Waals surface area contributed by atoms with Crippen molar-refractivity contribution in [1.82, 2.24) is 0 Å². The van der Waals surface area contributed by atoms with Crippen molar-refractivity contribution < 1.29 is 27.5 Å². The molecule has 1 aliphatic heterocycles. The predicted molar refractivity (Wildman–Crippen MR) is 82.9 cm³/mol. The van der Waals surface area contributed by atoms with Crippen molar-refractivity contribution in [3.8, 4) is 22.8 Å². The Balaban J connectivity index is 2.17. The Bertz CT molecular complexity index is 840. The summed E-state index contributed by atoms with van der Waals surface area (Å²) >= 11 is 0. The first-order valence-electron chi connectivity index (χ1n) is 7.00. The van der Waals surface area contributed by atoms with Crippen molar-refractivity contribution in [2.75, 3.05) is 16.6 Å². The molecule has 1 fully saturated rings. The van der Waals surface area contributed by atoms with Gasteiger partial charge in [0.1, 0.15) is 0 Å². The minimum Gasteiger partial charge on any atom is -0.502 e. The summed E-state index contributed by atoms with van der Waals surface area (Å²) in [4.78, 5) is 11.3. The van der Waals surface area contributed by atoms with Crippen molar-refractivity contribution in [2.45, 2.75) is 13.3 Å². The van der Waals surface area contributed by atoms with E-state index in [1.54, 1.807) is 30.3 Å². The van der Waals surface area contributed by atoms with E-state index in [0.29, 0.717) is 12.0 Å². The van der Waals surface area contributed by atoms with Crippen LogP contribution in [0.3, 0.4) is 0 Å². The third-order valence-electron chi connectivity index (χ3n) is 3.43. The number of anilines is 1. The molecule has 23 heavy (non-hydrogen) atoms. The monoisotopic (exact) mass is 337 g/mol. The Morgan fingerprint density at radius 2 is 2.00 bits per heavy atom. The van der Waals surface area contributed by atoms with Crippen LogP contribution in [0.1, 0.15) is 13.3 Å². The fraction of sp³-hybridized carbons (Fsp3) is 0.267. The summed E-state index contributed by atoms with van der Waals surface area (Å²) in [6.45, 7) is 1.37. The van der Waals surface area contributed by atoms with Crippen LogP contribution in [0.15, 0.2) is 34.7 Å². The summed E-state index contributed by atoms with van der Waals surface area (Å²) < 4.78 is 35.8. The van der Waals surface area contributed by atoms with Crippen LogP contribution >= 0.6 is 0 Å². The molecule has 3 rings (SSSR count). The second kappa shape index (κ2) is 5.62.